The highest BCUT2D eigenvalue weighted by atomic mass is 127. The van der Waals surface area contributed by atoms with Crippen molar-refractivity contribution >= 4 is 29.9 Å². The summed E-state index contributed by atoms with van der Waals surface area (Å²) in [5.74, 6) is -0.533. The maximum absolute atomic E-state index is 13.8. The number of halogens is 3. The lowest BCUT2D eigenvalue weighted by molar-refractivity contribution is 0.125. The van der Waals surface area contributed by atoms with Crippen LogP contribution in [-0.2, 0) is 11.3 Å². The van der Waals surface area contributed by atoms with E-state index in [0.29, 0.717) is 32.1 Å². The van der Waals surface area contributed by atoms with Crippen LogP contribution >= 0.6 is 24.0 Å². The molecule has 0 aromatic heterocycles. The van der Waals surface area contributed by atoms with Crippen LogP contribution < -0.4 is 10.6 Å². The highest BCUT2D eigenvalue weighted by molar-refractivity contribution is 14.0. The third-order valence-electron chi connectivity index (χ3n) is 4.36. The number of aliphatic imine (C=N–C) groups is 1. The number of rotatable bonds is 7. The molecule has 0 saturated heterocycles. The van der Waals surface area contributed by atoms with E-state index in [0.717, 1.165) is 5.56 Å². The third-order valence-corrected chi connectivity index (χ3v) is 4.36. The van der Waals surface area contributed by atoms with Gasteiger partial charge >= 0.3 is 0 Å². The van der Waals surface area contributed by atoms with Crippen LogP contribution in [0.5, 0.6) is 0 Å². The van der Waals surface area contributed by atoms with Crippen molar-refractivity contribution in [3.8, 4) is 0 Å². The summed E-state index contributed by atoms with van der Waals surface area (Å²) in [5, 5.41) is 6.36. The van der Waals surface area contributed by atoms with Crippen molar-refractivity contribution in [1.29, 1.82) is 0 Å². The van der Waals surface area contributed by atoms with E-state index >= 15 is 0 Å². The fraction of sp³-hybridized carbons (Fsp3) is 0.350. The van der Waals surface area contributed by atoms with E-state index in [1.54, 1.807) is 7.05 Å². The molecule has 2 atom stereocenters. The smallest absolute Gasteiger partial charge is 0.191 e. The molecule has 4 nitrogen and oxygen atoms in total. The molecular weight excluding hydrogens is 463 g/mol. The Hall–Kier alpha value is -1.74. The van der Waals surface area contributed by atoms with E-state index in [9.17, 15) is 8.78 Å². The van der Waals surface area contributed by atoms with Gasteiger partial charge in [0.05, 0.1) is 13.2 Å². The summed E-state index contributed by atoms with van der Waals surface area (Å²) < 4.78 is 33.3. The van der Waals surface area contributed by atoms with Crippen LogP contribution in [0.3, 0.4) is 0 Å². The van der Waals surface area contributed by atoms with Gasteiger partial charge in [0.2, 0.25) is 0 Å². The topological polar surface area (TPSA) is 45.7 Å². The molecule has 2 unspecified atom stereocenters. The molecule has 2 N–H and O–H groups in total. The van der Waals surface area contributed by atoms with Gasteiger partial charge in [0.25, 0.3) is 0 Å². The Balaban J connectivity index is 0.00000261. The van der Waals surface area contributed by atoms with E-state index < -0.39 is 11.6 Å². The molecule has 27 heavy (non-hydrogen) atoms. The molecule has 1 saturated carbocycles. The largest absolute Gasteiger partial charge is 0.375 e. The van der Waals surface area contributed by atoms with Crippen molar-refractivity contribution in [2.45, 2.75) is 25.0 Å². The molecule has 0 heterocycles. The number of hydrogen-bond acceptors (Lipinski definition) is 2. The minimum absolute atomic E-state index is 0. The molecule has 0 radical (unpaired) electrons. The van der Waals surface area contributed by atoms with Gasteiger partial charge in [-0.2, -0.15) is 0 Å². The van der Waals surface area contributed by atoms with Gasteiger partial charge in [-0.3, -0.25) is 4.99 Å². The average Bonchev–Trinajstić information content (AvgIpc) is 3.40. The van der Waals surface area contributed by atoms with Crippen LogP contribution in [0.1, 0.15) is 23.5 Å². The standard InChI is InChI=1S/C20H23F2N3O.HI/c1-23-20(24-10-11-26-13-14-6-3-2-4-7-14)25-18-12-15(18)19-16(21)8-5-9-17(19)22;/h2-9,15,18H,10-13H2,1H3,(H2,23,24,25);1H. The van der Waals surface area contributed by atoms with Crippen molar-refractivity contribution in [3.05, 3.63) is 71.3 Å². The van der Waals surface area contributed by atoms with Crippen LogP contribution in [-0.4, -0.2) is 32.2 Å². The van der Waals surface area contributed by atoms with Crippen LogP contribution in [0.2, 0.25) is 0 Å². The first-order valence-electron chi connectivity index (χ1n) is 8.72. The monoisotopic (exact) mass is 487 g/mol. The lowest BCUT2D eigenvalue weighted by atomic mass is 10.1. The van der Waals surface area contributed by atoms with Gasteiger partial charge in [-0.25, -0.2) is 8.78 Å². The zero-order valence-corrected chi connectivity index (χ0v) is 17.5. The molecule has 7 heteroatoms. The minimum atomic E-state index is -0.489. The van der Waals surface area contributed by atoms with Crippen molar-refractivity contribution < 1.29 is 13.5 Å². The summed E-state index contributed by atoms with van der Waals surface area (Å²) in [5.41, 5.74) is 1.29. The van der Waals surface area contributed by atoms with E-state index in [1.807, 2.05) is 30.3 Å². The van der Waals surface area contributed by atoms with E-state index in [-0.39, 0.29) is 41.5 Å². The molecule has 2 aromatic rings. The van der Waals surface area contributed by atoms with Gasteiger partial charge in [-0.15, -0.1) is 24.0 Å². The van der Waals surface area contributed by atoms with E-state index in [4.69, 9.17) is 4.74 Å². The number of nitrogens with one attached hydrogen (secondary N) is 2. The first kappa shape index (κ1) is 21.6. The number of benzene rings is 2. The number of hydrogen-bond donors (Lipinski definition) is 2. The highest BCUT2D eigenvalue weighted by Gasteiger charge is 2.42. The van der Waals surface area contributed by atoms with Gasteiger partial charge in [0, 0.05) is 31.1 Å². The van der Waals surface area contributed by atoms with Crippen LogP contribution in [0.25, 0.3) is 0 Å². The molecule has 1 fully saturated rings. The summed E-state index contributed by atoms with van der Waals surface area (Å²) >= 11 is 0. The quantitative estimate of drug-likeness (QED) is 0.270. The molecule has 0 amide bonds. The summed E-state index contributed by atoms with van der Waals surface area (Å²) in [6.07, 6.45) is 0.684. The Labute approximate surface area is 175 Å². The predicted molar refractivity (Wildman–Crippen MR) is 114 cm³/mol. The zero-order valence-electron chi connectivity index (χ0n) is 15.1. The number of nitrogens with zero attached hydrogens (tertiary/aromatic N) is 1. The van der Waals surface area contributed by atoms with Crippen LogP contribution in [0.15, 0.2) is 53.5 Å². The average molecular weight is 487 g/mol. The molecule has 1 aliphatic rings. The fourth-order valence-electron chi connectivity index (χ4n) is 2.91. The lowest BCUT2D eigenvalue weighted by Gasteiger charge is -2.12. The normalized spacial score (nSPS) is 18.6. The molecule has 2 aromatic carbocycles. The second kappa shape index (κ2) is 10.6. The van der Waals surface area contributed by atoms with Gasteiger partial charge in [0.1, 0.15) is 11.6 Å². The number of ether oxygens (including phenoxy) is 1. The summed E-state index contributed by atoms with van der Waals surface area (Å²) in [6.45, 7) is 1.69. The molecule has 146 valence electrons. The summed E-state index contributed by atoms with van der Waals surface area (Å²) in [6, 6.07) is 13.9. The predicted octanol–water partition coefficient (Wildman–Crippen LogP) is 3.82. The van der Waals surface area contributed by atoms with Crippen LogP contribution in [0, 0.1) is 11.6 Å². The van der Waals surface area contributed by atoms with E-state index in [2.05, 4.69) is 15.6 Å². The first-order chi connectivity index (χ1) is 12.7. The lowest BCUT2D eigenvalue weighted by Crippen LogP contribution is -2.40. The Morgan fingerprint density at radius 2 is 1.81 bits per heavy atom. The van der Waals surface area contributed by atoms with E-state index in [1.165, 1.54) is 18.2 Å². The maximum Gasteiger partial charge on any atom is 0.191 e. The molecule has 0 bridgehead atoms. The molecule has 0 spiro atoms. The second-order valence-corrected chi connectivity index (χ2v) is 6.27. The second-order valence-electron chi connectivity index (χ2n) is 6.27. The fourth-order valence-corrected chi connectivity index (χ4v) is 2.91. The Morgan fingerprint density at radius 3 is 2.48 bits per heavy atom. The molecule has 0 aliphatic heterocycles. The van der Waals surface area contributed by atoms with Gasteiger partial charge < -0.3 is 15.4 Å². The minimum Gasteiger partial charge on any atom is -0.375 e. The van der Waals surface area contributed by atoms with Crippen molar-refractivity contribution in [2.24, 2.45) is 4.99 Å². The SMILES string of the molecule is CN=C(NCCOCc1ccccc1)NC1CC1c1c(F)cccc1F.I. The van der Waals surface area contributed by atoms with Crippen molar-refractivity contribution in [2.75, 3.05) is 20.2 Å². The Morgan fingerprint density at radius 1 is 1.11 bits per heavy atom. The zero-order chi connectivity index (χ0) is 18.4. The molecule has 3 rings (SSSR count). The van der Waals surface area contributed by atoms with Gasteiger partial charge in [-0.05, 0) is 24.1 Å². The Kier molecular flexibility index (Phi) is 8.43. The maximum atomic E-state index is 13.8. The molecule has 1 aliphatic carbocycles. The van der Waals surface area contributed by atoms with Crippen molar-refractivity contribution in [1.82, 2.24) is 10.6 Å². The van der Waals surface area contributed by atoms with Gasteiger partial charge in [-0.1, -0.05) is 36.4 Å². The van der Waals surface area contributed by atoms with Crippen LogP contribution in [0.4, 0.5) is 8.78 Å². The number of guanidine groups is 1. The first-order valence-corrected chi connectivity index (χ1v) is 8.72. The highest BCUT2D eigenvalue weighted by Crippen LogP contribution is 2.42. The van der Waals surface area contributed by atoms with Crippen molar-refractivity contribution in [3.63, 3.8) is 0 Å². The third kappa shape index (κ3) is 6.14. The summed E-state index contributed by atoms with van der Waals surface area (Å²) in [7, 11) is 1.67. The molecular formula is C20H24F2IN3O. The summed E-state index contributed by atoms with van der Waals surface area (Å²) in [4.78, 5) is 4.15. The Bertz CT molecular complexity index is 738. The van der Waals surface area contributed by atoms with Gasteiger partial charge in [0.15, 0.2) is 5.96 Å².